The molecular formula is C20H22O6. The summed E-state index contributed by atoms with van der Waals surface area (Å²) in [5.74, 6) is -1.95. The van der Waals surface area contributed by atoms with Crippen LogP contribution in [0.1, 0.15) is 33.1 Å². The lowest BCUT2D eigenvalue weighted by Gasteiger charge is -2.25. The highest BCUT2D eigenvalue weighted by Gasteiger charge is 2.46. The Labute approximate surface area is 152 Å². The van der Waals surface area contributed by atoms with E-state index in [-0.39, 0.29) is 18.1 Å². The van der Waals surface area contributed by atoms with Crippen molar-refractivity contribution in [3.63, 3.8) is 0 Å². The van der Waals surface area contributed by atoms with Gasteiger partial charge in [-0.15, -0.1) is 0 Å². The Bertz CT molecular complexity index is 741. The molecule has 0 spiro atoms. The summed E-state index contributed by atoms with van der Waals surface area (Å²) < 4.78 is 16.4. The third kappa shape index (κ3) is 3.64. The molecule has 1 saturated heterocycles. The van der Waals surface area contributed by atoms with Crippen LogP contribution in [-0.2, 0) is 28.6 Å². The minimum Gasteiger partial charge on any atom is -0.458 e. The Morgan fingerprint density at radius 3 is 2.77 bits per heavy atom. The van der Waals surface area contributed by atoms with Crippen LogP contribution in [0.3, 0.4) is 0 Å². The summed E-state index contributed by atoms with van der Waals surface area (Å²) in [4.78, 5) is 36.2. The van der Waals surface area contributed by atoms with Gasteiger partial charge in [-0.1, -0.05) is 25.2 Å². The molecule has 0 aromatic heterocycles. The van der Waals surface area contributed by atoms with E-state index in [0.29, 0.717) is 18.4 Å². The van der Waals surface area contributed by atoms with Crippen molar-refractivity contribution in [1.82, 2.24) is 0 Å². The van der Waals surface area contributed by atoms with Gasteiger partial charge in [0.25, 0.3) is 0 Å². The first-order chi connectivity index (χ1) is 12.4. The minimum absolute atomic E-state index is 0.219. The predicted molar refractivity (Wildman–Crippen MR) is 92.8 cm³/mol. The fraction of sp³-hybridized carbons (Fsp3) is 0.450. The molecule has 6 nitrogen and oxygen atoms in total. The topological polar surface area (TPSA) is 78.9 Å². The van der Waals surface area contributed by atoms with Gasteiger partial charge in [0.15, 0.2) is 0 Å². The first kappa shape index (κ1) is 18.2. The van der Waals surface area contributed by atoms with Crippen molar-refractivity contribution >= 4 is 17.9 Å². The van der Waals surface area contributed by atoms with E-state index in [4.69, 9.17) is 14.2 Å². The second-order valence-electron chi connectivity index (χ2n) is 6.76. The zero-order valence-corrected chi connectivity index (χ0v) is 14.9. The Hall–Kier alpha value is -2.63. The van der Waals surface area contributed by atoms with Gasteiger partial charge >= 0.3 is 17.9 Å². The molecule has 0 amide bonds. The Morgan fingerprint density at radius 1 is 1.27 bits per heavy atom. The van der Waals surface area contributed by atoms with Crippen LogP contribution in [0.15, 0.2) is 47.6 Å². The van der Waals surface area contributed by atoms with E-state index >= 15 is 0 Å². The predicted octanol–water partition coefficient (Wildman–Crippen LogP) is 2.55. The highest BCUT2D eigenvalue weighted by atomic mass is 16.6. The number of fused-ring (bicyclic) bond motifs is 2. The van der Waals surface area contributed by atoms with Gasteiger partial charge in [-0.3, -0.25) is 0 Å². The molecule has 1 aliphatic carbocycles. The number of carbonyl (C=O) groups is 3. The van der Waals surface area contributed by atoms with Crippen molar-refractivity contribution in [1.29, 1.82) is 0 Å². The summed E-state index contributed by atoms with van der Waals surface area (Å²) in [6.07, 6.45) is 6.43. The van der Waals surface area contributed by atoms with Crippen LogP contribution < -0.4 is 0 Å². The average Bonchev–Trinajstić information content (AvgIpc) is 3.04. The molecule has 2 unspecified atom stereocenters. The number of rotatable bonds is 3. The van der Waals surface area contributed by atoms with Gasteiger partial charge in [0.2, 0.25) is 0 Å². The first-order valence-corrected chi connectivity index (χ1v) is 8.75. The highest BCUT2D eigenvalue weighted by Crippen LogP contribution is 2.38. The van der Waals surface area contributed by atoms with E-state index in [0.717, 1.165) is 5.57 Å². The molecule has 0 radical (unpaired) electrons. The van der Waals surface area contributed by atoms with E-state index in [1.54, 1.807) is 18.2 Å². The van der Waals surface area contributed by atoms with Crippen LogP contribution in [0.4, 0.5) is 0 Å². The Kier molecular flexibility index (Phi) is 5.11. The molecule has 1 fully saturated rings. The van der Waals surface area contributed by atoms with Gasteiger partial charge in [-0.2, -0.15) is 0 Å². The standard InChI is InChI=1S/C20H22O6/c1-4-5-6-17(21)25-15-8-11(2)7-14-9-13(20(23)24-14)10-16-18(15)12(3)19(22)26-16/h5-6,8-9,14-16,18H,3-4,7,10H2,1-2H3/b6-5+,11-8+/t14-,15?,16?,18+/m1/s1. The average molecular weight is 358 g/mol. The number of hydrogen-bond acceptors (Lipinski definition) is 6. The van der Waals surface area contributed by atoms with E-state index in [1.165, 1.54) is 6.08 Å². The number of allylic oxidation sites excluding steroid dienone is 1. The lowest BCUT2D eigenvalue weighted by molar-refractivity contribution is -0.145. The van der Waals surface area contributed by atoms with E-state index in [9.17, 15) is 14.4 Å². The van der Waals surface area contributed by atoms with Crippen LogP contribution in [0, 0.1) is 5.92 Å². The summed E-state index contributed by atoms with van der Waals surface area (Å²) in [6.45, 7) is 7.61. The SMILES string of the molecule is C=C1C(=O)OC2CC3=C[C@@H](C/C(C)=C/C(OC(=O)/C=C/CC)[C@H]12)OC3=O. The molecule has 4 atom stereocenters. The molecule has 0 aromatic carbocycles. The molecular weight excluding hydrogens is 336 g/mol. The quantitative estimate of drug-likeness (QED) is 0.334. The van der Waals surface area contributed by atoms with Gasteiger partial charge in [0.05, 0.1) is 5.92 Å². The van der Waals surface area contributed by atoms with E-state index in [1.807, 2.05) is 13.8 Å². The second kappa shape index (κ2) is 7.32. The molecule has 26 heavy (non-hydrogen) atoms. The molecule has 3 rings (SSSR count). The number of hydrogen-bond donors (Lipinski definition) is 0. The van der Waals surface area contributed by atoms with Crippen LogP contribution in [0.5, 0.6) is 0 Å². The largest absolute Gasteiger partial charge is 0.458 e. The van der Waals surface area contributed by atoms with E-state index < -0.39 is 36.0 Å². The number of esters is 3. The third-order valence-electron chi connectivity index (χ3n) is 4.72. The van der Waals surface area contributed by atoms with Crippen LogP contribution in [0.2, 0.25) is 0 Å². The maximum atomic E-state index is 12.1. The van der Waals surface area contributed by atoms with Crippen LogP contribution >= 0.6 is 0 Å². The molecule has 6 heteroatoms. The van der Waals surface area contributed by atoms with Gasteiger partial charge < -0.3 is 14.2 Å². The smallest absolute Gasteiger partial charge is 0.334 e. The summed E-state index contributed by atoms with van der Waals surface area (Å²) in [6, 6.07) is 0. The van der Waals surface area contributed by atoms with Crippen molar-refractivity contribution in [2.75, 3.05) is 0 Å². The Morgan fingerprint density at radius 2 is 2.04 bits per heavy atom. The monoisotopic (exact) mass is 358 g/mol. The zero-order chi connectivity index (χ0) is 18.8. The normalized spacial score (nSPS) is 33.1. The molecule has 3 aliphatic rings. The van der Waals surface area contributed by atoms with Crippen molar-refractivity contribution in [2.45, 2.75) is 51.4 Å². The van der Waals surface area contributed by atoms with Crippen LogP contribution in [-0.4, -0.2) is 36.2 Å². The van der Waals surface area contributed by atoms with Gasteiger partial charge in [0.1, 0.15) is 18.3 Å². The molecule has 138 valence electrons. The molecule has 0 saturated carbocycles. The summed E-state index contributed by atoms with van der Waals surface area (Å²) >= 11 is 0. The highest BCUT2D eigenvalue weighted by molar-refractivity contribution is 5.93. The molecule has 0 aromatic rings. The molecule has 0 N–H and O–H groups in total. The summed E-state index contributed by atoms with van der Waals surface area (Å²) in [5, 5.41) is 0. The first-order valence-electron chi connectivity index (χ1n) is 8.75. The van der Waals surface area contributed by atoms with E-state index in [2.05, 4.69) is 6.58 Å². The van der Waals surface area contributed by atoms with Crippen LogP contribution in [0.25, 0.3) is 0 Å². The van der Waals surface area contributed by atoms with Gasteiger partial charge in [0, 0.05) is 30.1 Å². The molecule has 2 aliphatic heterocycles. The lowest BCUT2D eigenvalue weighted by Crippen LogP contribution is -2.32. The Balaban J connectivity index is 1.94. The fourth-order valence-electron chi connectivity index (χ4n) is 3.50. The maximum absolute atomic E-state index is 12.1. The van der Waals surface area contributed by atoms with Gasteiger partial charge in [-0.05, 0) is 25.5 Å². The van der Waals surface area contributed by atoms with Crippen molar-refractivity contribution in [3.05, 3.63) is 47.6 Å². The van der Waals surface area contributed by atoms with Gasteiger partial charge in [-0.25, -0.2) is 14.4 Å². The van der Waals surface area contributed by atoms with Crippen molar-refractivity contribution < 1.29 is 28.6 Å². The number of carbonyl (C=O) groups excluding carboxylic acids is 3. The van der Waals surface area contributed by atoms with Crippen molar-refractivity contribution in [2.24, 2.45) is 5.92 Å². The fourth-order valence-corrected chi connectivity index (χ4v) is 3.50. The lowest BCUT2D eigenvalue weighted by atomic mass is 9.85. The molecule has 2 heterocycles. The summed E-state index contributed by atoms with van der Waals surface area (Å²) in [5.41, 5.74) is 1.63. The number of ether oxygens (including phenoxy) is 3. The second-order valence-corrected chi connectivity index (χ2v) is 6.76. The maximum Gasteiger partial charge on any atom is 0.334 e. The third-order valence-corrected chi connectivity index (χ3v) is 4.72. The molecule has 2 bridgehead atoms. The van der Waals surface area contributed by atoms with Crippen molar-refractivity contribution in [3.8, 4) is 0 Å². The zero-order valence-electron chi connectivity index (χ0n) is 14.9. The minimum atomic E-state index is -0.693. The summed E-state index contributed by atoms with van der Waals surface area (Å²) in [7, 11) is 0.